The van der Waals surface area contributed by atoms with Crippen LogP contribution in [0.25, 0.3) is 0 Å². The van der Waals surface area contributed by atoms with Gasteiger partial charge in [0.25, 0.3) is 0 Å². The van der Waals surface area contributed by atoms with E-state index in [2.05, 4.69) is 20.5 Å². The number of carbonyl (C=O) groups is 1. The maximum absolute atomic E-state index is 12.2. The molecule has 138 valence electrons. The third-order valence-electron chi connectivity index (χ3n) is 3.74. The molecule has 1 heterocycles. The Hall–Kier alpha value is -1.39. The highest BCUT2D eigenvalue weighted by Gasteiger charge is 2.15. The number of guanidine groups is 1. The Morgan fingerprint density at radius 3 is 2.33 bits per heavy atom. The summed E-state index contributed by atoms with van der Waals surface area (Å²) in [6.07, 6.45) is 0. The Morgan fingerprint density at radius 2 is 1.88 bits per heavy atom. The second-order valence-corrected chi connectivity index (χ2v) is 5.31. The van der Waals surface area contributed by atoms with E-state index < -0.39 is 0 Å². The Balaban J connectivity index is 0.00000529. The number of amides is 1. The van der Waals surface area contributed by atoms with Gasteiger partial charge >= 0.3 is 0 Å². The SMILES string of the molecule is CCNC(=NCc1nnc(C)n1C)N(C)CC(=O)N(CC)CC.I. The highest BCUT2D eigenvalue weighted by Crippen LogP contribution is 2.00. The van der Waals surface area contributed by atoms with Crippen LogP contribution in [0.3, 0.4) is 0 Å². The molecule has 1 aromatic heterocycles. The smallest absolute Gasteiger partial charge is 0.242 e. The number of carbonyl (C=O) groups excluding carboxylic acids is 1. The molecule has 0 aliphatic heterocycles. The van der Waals surface area contributed by atoms with Gasteiger partial charge in [0, 0.05) is 33.7 Å². The van der Waals surface area contributed by atoms with Crippen LogP contribution >= 0.6 is 24.0 Å². The standard InChI is InChI=1S/C15H29N7O.HI/c1-7-16-15(17-10-13-19-18-12(4)21(13)6)20(5)11-14(23)22(8-2)9-3;/h7-11H2,1-6H3,(H,16,17);1H. The fourth-order valence-corrected chi connectivity index (χ4v) is 2.16. The molecule has 0 saturated carbocycles. The molecule has 0 aliphatic rings. The quantitative estimate of drug-likeness (QED) is 0.381. The van der Waals surface area contributed by atoms with Crippen LogP contribution in [0.4, 0.5) is 0 Å². The number of aryl methyl sites for hydroxylation is 1. The van der Waals surface area contributed by atoms with Crippen LogP contribution in [0.1, 0.15) is 32.4 Å². The topological polar surface area (TPSA) is 78.6 Å². The van der Waals surface area contributed by atoms with Crippen LogP contribution in [0, 0.1) is 6.92 Å². The molecule has 1 rings (SSSR count). The number of hydrogen-bond donors (Lipinski definition) is 1. The number of hydrogen-bond acceptors (Lipinski definition) is 4. The van der Waals surface area contributed by atoms with Crippen LogP contribution in [0.2, 0.25) is 0 Å². The Labute approximate surface area is 161 Å². The third-order valence-corrected chi connectivity index (χ3v) is 3.74. The molecule has 8 nitrogen and oxygen atoms in total. The summed E-state index contributed by atoms with van der Waals surface area (Å²) in [6.45, 7) is 10.8. The largest absolute Gasteiger partial charge is 0.357 e. The number of likely N-dealkylation sites (N-methyl/N-ethyl adjacent to an activating group) is 2. The molecule has 1 N–H and O–H groups in total. The summed E-state index contributed by atoms with van der Waals surface area (Å²) in [7, 11) is 3.78. The summed E-state index contributed by atoms with van der Waals surface area (Å²) in [5, 5.41) is 11.3. The van der Waals surface area contributed by atoms with Crippen molar-refractivity contribution in [1.29, 1.82) is 0 Å². The maximum atomic E-state index is 12.2. The molecule has 0 saturated heterocycles. The third kappa shape index (κ3) is 6.25. The van der Waals surface area contributed by atoms with Crippen molar-refractivity contribution < 1.29 is 4.79 Å². The van der Waals surface area contributed by atoms with E-state index in [9.17, 15) is 4.79 Å². The number of nitrogens with one attached hydrogen (secondary N) is 1. The van der Waals surface area contributed by atoms with Crippen molar-refractivity contribution in [2.24, 2.45) is 12.0 Å². The summed E-state index contributed by atoms with van der Waals surface area (Å²) in [4.78, 5) is 20.4. The molecule has 1 amide bonds. The molecule has 0 bridgehead atoms. The van der Waals surface area contributed by atoms with Crippen LogP contribution < -0.4 is 5.32 Å². The number of aromatic nitrogens is 3. The van der Waals surface area contributed by atoms with Crippen molar-refractivity contribution in [3.63, 3.8) is 0 Å². The first kappa shape index (κ1) is 22.6. The minimum atomic E-state index is 0. The molecule has 24 heavy (non-hydrogen) atoms. The monoisotopic (exact) mass is 451 g/mol. The van der Waals surface area contributed by atoms with E-state index in [1.165, 1.54) is 0 Å². The second-order valence-electron chi connectivity index (χ2n) is 5.31. The van der Waals surface area contributed by atoms with Crippen molar-refractivity contribution in [2.75, 3.05) is 33.2 Å². The van der Waals surface area contributed by atoms with Crippen LogP contribution in [0.5, 0.6) is 0 Å². The summed E-state index contributed by atoms with van der Waals surface area (Å²) in [5.41, 5.74) is 0. The molecular formula is C15H30IN7O. The molecule has 0 radical (unpaired) electrons. The molecular weight excluding hydrogens is 421 g/mol. The Kier molecular flexibility index (Phi) is 10.6. The Bertz CT molecular complexity index is 540. The fourth-order valence-electron chi connectivity index (χ4n) is 2.16. The summed E-state index contributed by atoms with van der Waals surface area (Å²) >= 11 is 0. The average Bonchev–Trinajstić information content (AvgIpc) is 2.84. The predicted octanol–water partition coefficient (Wildman–Crippen LogP) is 1.01. The Morgan fingerprint density at radius 1 is 1.25 bits per heavy atom. The van der Waals surface area contributed by atoms with E-state index in [0.29, 0.717) is 19.0 Å². The van der Waals surface area contributed by atoms with Crippen molar-refractivity contribution in [2.45, 2.75) is 34.2 Å². The first-order valence-corrected chi connectivity index (χ1v) is 8.06. The minimum absolute atomic E-state index is 0. The van der Waals surface area contributed by atoms with Gasteiger partial charge in [-0.05, 0) is 27.7 Å². The van der Waals surface area contributed by atoms with Crippen LogP contribution in [-0.4, -0.2) is 69.7 Å². The van der Waals surface area contributed by atoms with E-state index in [1.54, 1.807) is 0 Å². The molecule has 1 aromatic rings. The van der Waals surface area contributed by atoms with E-state index in [0.717, 1.165) is 31.3 Å². The zero-order valence-electron chi connectivity index (χ0n) is 15.5. The lowest BCUT2D eigenvalue weighted by atomic mass is 10.4. The van der Waals surface area contributed by atoms with Crippen LogP contribution in [-0.2, 0) is 18.4 Å². The van der Waals surface area contributed by atoms with Gasteiger partial charge in [-0.1, -0.05) is 0 Å². The van der Waals surface area contributed by atoms with Gasteiger partial charge in [-0.2, -0.15) is 0 Å². The van der Waals surface area contributed by atoms with E-state index in [1.807, 2.05) is 56.2 Å². The number of aliphatic imine (C=N–C) groups is 1. The van der Waals surface area contributed by atoms with Crippen molar-refractivity contribution in [1.82, 2.24) is 29.9 Å². The lowest BCUT2D eigenvalue weighted by Crippen LogP contribution is -2.45. The second kappa shape index (κ2) is 11.2. The highest BCUT2D eigenvalue weighted by molar-refractivity contribution is 14.0. The van der Waals surface area contributed by atoms with Gasteiger partial charge in [0.15, 0.2) is 11.8 Å². The average molecular weight is 451 g/mol. The van der Waals surface area contributed by atoms with Gasteiger partial charge in [0.2, 0.25) is 5.91 Å². The zero-order valence-corrected chi connectivity index (χ0v) is 17.9. The van der Waals surface area contributed by atoms with Gasteiger partial charge in [-0.15, -0.1) is 34.2 Å². The predicted molar refractivity (Wildman–Crippen MR) is 107 cm³/mol. The lowest BCUT2D eigenvalue weighted by Gasteiger charge is -2.25. The fraction of sp³-hybridized carbons (Fsp3) is 0.733. The molecule has 0 atom stereocenters. The zero-order chi connectivity index (χ0) is 17.4. The minimum Gasteiger partial charge on any atom is -0.357 e. The van der Waals surface area contributed by atoms with Gasteiger partial charge < -0.3 is 19.7 Å². The van der Waals surface area contributed by atoms with Gasteiger partial charge in [-0.25, -0.2) is 4.99 Å². The van der Waals surface area contributed by atoms with Crippen molar-refractivity contribution in [3.8, 4) is 0 Å². The number of rotatable bonds is 7. The molecule has 0 spiro atoms. The molecule has 0 aromatic carbocycles. The van der Waals surface area contributed by atoms with Crippen LogP contribution in [0.15, 0.2) is 4.99 Å². The molecule has 0 aliphatic carbocycles. The number of halogens is 1. The summed E-state index contributed by atoms with van der Waals surface area (Å²) in [6, 6.07) is 0. The van der Waals surface area contributed by atoms with Crippen molar-refractivity contribution >= 4 is 35.8 Å². The maximum Gasteiger partial charge on any atom is 0.242 e. The summed E-state index contributed by atoms with van der Waals surface area (Å²) in [5.74, 6) is 2.43. The van der Waals surface area contributed by atoms with Gasteiger partial charge in [0.05, 0.1) is 6.54 Å². The van der Waals surface area contributed by atoms with Gasteiger partial charge in [-0.3, -0.25) is 4.79 Å². The molecule has 0 fully saturated rings. The number of nitrogens with zero attached hydrogens (tertiary/aromatic N) is 6. The molecule has 9 heteroatoms. The van der Waals surface area contributed by atoms with Crippen molar-refractivity contribution in [3.05, 3.63) is 11.6 Å². The normalized spacial score (nSPS) is 11.0. The molecule has 0 unspecified atom stereocenters. The first-order valence-electron chi connectivity index (χ1n) is 8.06. The lowest BCUT2D eigenvalue weighted by molar-refractivity contribution is -0.131. The van der Waals surface area contributed by atoms with E-state index >= 15 is 0 Å². The highest BCUT2D eigenvalue weighted by atomic mass is 127. The van der Waals surface area contributed by atoms with Gasteiger partial charge in [0.1, 0.15) is 12.4 Å². The first-order chi connectivity index (χ1) is 10.9. The summed E-state index contributed by atoms with van der Waals surface area (Å²) < 4.78 is 1.91. The van der Waals surface area contributed by atoms with E-state index in [-0.39, 0.29) is 29.9 Å². The van der Waals surface area contributed by atoms with E-state index in [4.69, 9.17) is 0 Å².